The zero-order valence-electron chi connectivity index (χ0n) is 15.0. The molecule has 2 atom stereocenters. The minimum absolute atomic E-state index is 0.0144. The zero-order valence-corrected chi connectivity index (χ0v) is 15.0. The number of nitrogens with one attached hydrogen (secondary N) is 1. The third-order valence-corrected chi connectivity index (χ3v) is 5.42. The molecule has 1 N–H and O–H groups in total. The molecule has 0 radical (unpaired) electrons. The molecule has 1 saturated carbocycles. The lowest BCUT2D eigenvalue weighted by atomic mass is 10.1. The van der Waals surface area contributed by atoms with E-state index in [9.17, 15) is 22.4 Å². The molecule has 2 aromatic rings. The van der Waals surface area contributed by atoms with Gasteiger partial charge in [0.05, 0.1) is 5.41 Å². The second kappa shape index (κ2) is 6.46. The van der Waals surface area contributed by atoms with Crippen LogP contribution in [-0.2, 0) is 4.79 Å². The lowest BCUT2D eigenvalue weighted by molar-refractivity contribution is -0.131. The molecule has 0 bridgehead atoms. The maximum absolute atomic E-state index is 13.5. The van der Waals surface area contributed by atoms with E-state index in [0.29, 0.717) is 18.5 Å². The zero-order chi connectivity index (χ0) is 20.1. The van der Waals surface area contributed by atoms with Crippen molar-refractivity contribution in [2.45, 2.75) is 38.2 Å². The summed E-state index contributed by atoms with van der Waals surface area (Å²) in [4.78, 5) is 13.9. The van der Waals surface area contributed by atoms with Crippen LogP contribution < -0.4 is 5.32 Å². The largest absolute Gasteiger partial charge is 0.403 e. The fourth-order valence-corrected chi connectivity index (χ4v) is 3.57. The van der Waals surface area contributed by atoms with Crippen LogP contribution in [0.1, 0.15) is 31.8 Å². The molecule has 2 heterocycles. The first-order chi connectivity index (χ1) is 13.2. The van der Waals surface area contributed by atoms with Gasteiger partial charge in [0.1, 0.15) is 6.04 Å². The van der Waals surface area contributed by atoms with Gasteiger partial charge in [0.15, 0.2) is 0 Å². The summed E-state index contributed by atoms with van der Waals surface area (Å²) in [6, 6.07) is 4.65. The summed E-state index contributed by atoms with van der Waals surface area (Å²) < 4.78 is 57.6. The normalized spacial score (nSPS) is 24.0. The Morgan fingerprint density at radius 3 is 2.50 bits per heavy atom. The number of aromatic nitrogens is 2. The Labute approximate surface area is 157 Å². The summed E-state index contributed by atoms with van der Waals surface area (Å²) in [5, 5.41) is 10.4. The predicted octanol–water partition coefficient (Wildman–Crippen LogP) is 3.73. The van der Waals surface area contributed by atoms with E-state index in [4.69, 9.17) is 4.42 Å². The van der Waals surface area contributed by atoms with Gasteiger partial charge >= 0.3 is 6.01 Å². The van der Waals surface area contributed by atoms with E-state index in [0.717, 1.165) is 0 Å². The maximum Gasteiger partial charge on any atom is 0.316 e. The van der Waals surface area contributed by atoms with Crippen LogP contribution in [0.4, 0.5) is 23.6 Å². The Balaban J connectivity index is 1.38. The summed E-state index contributed by atoms with van der Waals surface area (Å²) >= 11 is 0. The molecule has 150 valence electrons. The highest BCUT2D eigenvalue weighted by atomic mass is 19.3. The molecule has 0 unspecified atom stereocenters. The lowest BCUT2D eigenvalue weighted by Crippen LogP contribution is -2.40. The quantitative estimate of drug-likeness (QED) is 0.777. The number of hydrogen-bond donors (Lipinski definition) is 1. The fourth-order valence-electron chi connectivity index (χ4n) is 3.57. The summed E-state index contributed by atoms with van der Waals surface area (Å²) in [6.07, 6.45) is -2.43. The van der Waals surface area contributed by atoms with Gasteiger partial charge in [-0.15, -0.1) is 5.10 Å². The van der Waals surface area contributed by atoms with Crippen molar-refractivity contribution in [3.63, 3.8) is 0 Å². The number of halogens is 4. The molecule has 1 spiro atoms. The van der Waals surface area contributed by atoms with Gasteiger partial charge in [0.25, 0.3) is 12.3 Å². The molecular formula is C18H18F4N4O2. The van der Waals surface area contributed by atoms with Gasteiger partial charge in [-0.1, -0.05) is 17.2 Å². The molecule has 1 aliphatic heterocycles. The van der Waals surface area contributed by atoms with Crippen molar-refractivity contribution < 1.29 is 26.8 Å². The van der Waals surface area contributed by atoms with Crippen LogP contribution in [0.5, 0.6) is 0 Å². The predicted molar refractivity (Wildman–Crippen MR) is 91.0 cm³/mol. The van der Waals surface area contributed by atoms with Crippen molar-refractivity contribution in [1.29, 1.82) is 0 Å². The third-order valence-electron chi connectivity index (χ3n) is 5.42. The number of carbonyl (C=O) groups excluding carboxylic acids is 1. The van der Waals surface area contributed by atoms with Crippen molar-refractivity contribution in [2.75, 3.05) is 18.4 Å². The number of carbonyl (C=O) groups is 1. The smallest absolute Gasteiger partial charge is 0.316 e. The standard InChI is InChI=1S/C18H18F4N4O2/c1-10(15(27)26-7-6-17(9-26)8-18(17,21)22)23-16-25-24-14(28-16)12-4-2-11(3-5-12)13(19)20/h2-5,10,13H,6-9H2,1H3,(H,23,25)/t10-,17+/m1/s1. The van der Waals surface area contributed by atoms with Crippen LogP contribution >= 0.6 is 0 Å². The Hall–Kier alpha value is -2.65. The van der Waals surface area contributed by atoms with E-state index in [1.165, 1.54) is 29.2 Å². The van der Waals surface area contributed by atoms with Crippen molar-refractivity contribution in [3.05, 3.63) is 29.8 Å². The molecule has 28 heavy (non-hydrogen) atoms. The summed E-state index contributed by atoms with van der Waals surface area (Å²) in [5.41, 5.74) is -0.712. The molecule has 1 aliphatic carbocycles. The number of benzene rings is 1. The fraction of sp³-hybridized carbons (Fsp3) is 0.500. The van der Waals surface area contributed by atoms with Gasteiger partial charge in [-0.3, -0.25) is 4.79 Å². The second-order valence-corrected chi connectivity index (χ2v) is 7.37. The number of alkyl halides is 4. The van der Waals surface area contributed by atoms with E-state index in [-0.39, 0.29) is 36.3 Å². The highest BCUT2D eigenvalue weighted by Crippen LogP contribution is 2.65. The summed E-state index contributed by atoms with van der Waals surface area (Å²) in [6.45, 7) is 1.93. The van der Waals surface area contributed by atoms with E-state index in [1.54, 1.807) is 6.92 Å². The van der Waals surface area contributed by atoms with Crippen molar-refractivity contribution in [2.24, 2.45) is 5.41 Å². The number of hydrogen-bond acceptors (Lipinski definition) is 5. The molecule has 6 nitrogen and oxygen atoms in total. The van der Waals surface area contributed by atoms with Gasteiger partial charge in [-0.05, 0) is 25.5 Å². The first kappa shape index (κ1) is 18.7. The van der Waals surface area contributed by atoms with Gasteiger partial charge < -0.3 is 14.6 Å². The van der Waals surface area contributed by atoms with Crippen LogP contribution in [0.25, 0.3) is 11.5 Å². The van der Waals surface area contributed by atoms with Crippen molar-refractivity contribution >= 4 is 11.9 Å². The van der Waals surface area contributed by atoms with Crippen LogP contribution in [-0.4, -0.2) is 46.1 Å². The van der Waals surface area contributed by atoms with E-state index in [1.807, 2.05) is 0 Å². The molecule has 1 aromatic heterocycles. The maximum atomic E-state index is 13.5. The molecule has 1 aromatic carbocycles. The van der Waals surface area contributed by atoms with Gasteiger partial charge in [0.2, 0.25) is 11.8 Å². The minimum atomic E-state index is -2.68. The van der Waals surface area contributed by atoms with Crippen molar-refractivity contribution in [1.82, 2.24) is 15.1 Å². The van der Waals surface area contributed by atoms with E-state index in [2.05, 4.69) is 15.5 Å². The van der Waals surface area contributed by atoms with Crippen LogP contribution in [0.2, 0.25) is 0 Å². The SMILES string of the molecule is C[C@@H](Nc1nnc(-c2ccc(C(F)F)cc2)o1)C(=O)N1CC[C@@]2(C1)CC2(F)F. The summed E-state index contributed by atoms with van der Waals surface area (Å²) in [7, 11) is 0. The minimum Gasteiger partial charge on any atom is -0.403 e. The lowest BCUT2D eigenvalue weighted by Gasteiger charge is -2.21. The van der Waals surface area contributed by atoms with Gasteiger partial charge in [-0.2, -0.15) is 0 Å². The Kier molecular flexibility index (Phi) is 4.31. The number of amides is 1. The molecule has 1 saturated heterocycles. The average molecular weight is 398 g/mol. The van der Waals surface area contributed by atoms with Crippen LogP contribution in [0.15, 0.2) is 28.7 Å². The molecule has 4 rings (SSSR count). The van der Waals surface area contributed by atoms with Crippen LogP contribution in [0.3, 0.4) is 0 Å². The topological polar surface area (TPSA) is 71.3 Å². The van der Waals surface area contributed by atoms with Gasteiger partial charge in [-0.25, -0.2) is 17.6 Å². The number of anilines is 1. The molecule has 2 aliphatic rings. The number of nitrogens with zero attached hydrogens (tertiary/aromatic N) is 3. The highest BCUT2D eigenvalue weighted by molar-refractivity contribution is 5.84. The Morgan fingerprint density at radius 1 is 1.25 bits per heavy atom. The first-order valence-electron chi connectivity index (χ1n) is 8.86. The Morgan fingerprint density at radius 2 is 1.93 bits per heavy atom. The number of likely N-dealkylation sites (tertiary alicyclic amines) is 1. The number of rotatable bonds is 5. The molecule has 10 heteroatoms. The first-order valence-corrected chi connectivity index (χ1v) is 8.86. The Bertz CT molecular complexity index is 886. The van der Waals surface area contributed by atoms with E-state index < -0.39 is 23.8 Å². The highest BCUT2D eigenvalue weighted by Gasteiger charge is 2.73. The monoisotopic (exact) mass is 398 g/mol. The second-order valence-electron chi connectivity index (χ2n) is 7.37. The van der Waals surface area contributed by atoms with Crippen LogP contribution in [0, 0.1) is 5.41 Å². The third kappa shape index (κ3) is 3.20. The average Bonchev–Trinajstić information content (AvgIpc) is 3.06. The molecular weight excluding hydrogens is 380 g/mol. The van der Waals surface area contributed by atoms with E-state index >= 15 is 0 Å². The van der Waals surface area contributed by atoms with Gasteiger partial charge in [0, 0.05) is 30.6 Å². The molecule has 2 fully saturated rings. The summed E-state index contributed by atoms with van der Waals surface area (Å²) in [5.74, 6) is -2.89. The molecule has 1 amide bonds. The van der Waals surface area contributed by atoms with Crippen molar-refractivity contribution in [3.8, 4) is 11.5 Å².